The Morgan fingerprint density at radius 3 is 2.48 bits per heavy atom. The van der Waals surface area contributed by atoms with E-state index in [0.717, 1.165) is 24.7 Å². The quantitative estimate of drug-likeness (QED) is 0.933. The molecular formula is C16H19ClN2O2. The van der Waals surface area contributed by atoms with Gasteiger partial charge in [0.1, 0.15) is 0 Å². The van der Waals surface area contributed by atoms with Gasteiger partial charge < -0.3 is 10.2 Å². The number of hydrogen-bond acceptors (Lipinski definition) is 2. The third kappa shape index (κ3) is 2.91. The Kier molecular flexibility index (Phi) is 3.66. The molecule has 0 spiro atoms. The maximum absolute atomic E-state index is 12.2. The average Bonchev–Trinajstić information content (AvgIpc) is 3.06. The highest BCUT2D eigenvalue weighted by atomic mass is 35.5. The Morgan fingerprint density at radius 1 is 1.19 bits per heavy atom. The minimum absolute atomic E-state index is 0.0628. The van der Waals surface area contributed by atoms with Crippen LogP contribution in [0.3, 0.4) is 0 Å². The van der Waals surface area contributed by atoms with Crippen molar-refractivity contribution in [3.05, 3.63) is 28.8 Å². The Labute approximate surface area is 129 Å². The number of fused-ring (bicyclic) bond motifs is 1. The molecule has 2 fully saturated rings. The van der Waals surface area contributed by atoms with Gasteiger partial charge in [0.25, 0.3) is 5.91 Å². The van der Waals surface area contributed by atoms with E-state index in [1.807, 2.05) is 0 Å². The van der Waals surface area contributed by atoms with Crippen molar-refractivity contribution in [2.45, 2.75) is 19.3 Å². The molecule has 2 unspecified atom stereocenters. The molecule has 112 valence electrons. The largest absolute Gasteiger partial charge is 0.345 e. The summed E-state index contributed by atoms with van der Waals surface area (Å²) in [7, 11) is 3.35. The van der Waals surface area contributed by atoms with Crippen molar-refractivity contribution in [2.24, 2.45) is 17.8 Å². The van der Waals surface area contributed by atoms with Gasteiger partial charge in [0.05, 0.1) is 10.6 Å². The number of nitrogens with one attached hydrogen (secondary N) is 1. The molecular weight excluding hydrogens is 288 g/mol. The first-order valence-electron chi connectivity index (χ1n) is 7.27. The minimum atomic E-state index is -0.168. The number of carbonyl (C=O) groups is 2. The molecule has 21 heavy (non-hydrogen) atoms. The fraction of sp³-hybridized carbons (Fsp3) is 0.500. The molecule has 2 saturated carbocycles. The van der Waals surface area contributed by atoms with Gasteiger partial charge in [-0.05, 0) is 49.3 Å². The predicted octanol–water partition coefficient (Wildman–Crippen LogP) is 3.03. The first-order chi connectivity index (χ1) is 9.95. The van der Waals surface area contributed by atoms with Crippen LogP contribution in [0.25, 0.3) is 0 Å². The van der Waals surface area contributed by atoms with Crippen LogP contribution in [0.4, 0.5) is 5.69 Å². The maximum atomic E-state index is 12.2. The van der Waals surface area contributed by atoms with Crippen LogP contribution in [0.1, 0.15) is 29.6 Å². The van der Waals surface area contributed by atoms with Crippen LogP contribution in [0.5, 0.6) is 0 Å². The number of amides is 2. The van der Waals surface area contributed by atoms with Crippen LogP contribution in [-0.2, 0) is 4.79 Å². The van der Waals surface area contributed by atoms with Gasteiger partial charge in [0.2, 0.25) is 5.91 Å². The molecule has 0 heterocycles. The first-order valence-corrected chi connectivity index (χ1v) is 7.65. The molecule has 0 aliphatic heterocycles. The maximum Gasteiger partial charge on any atom is 0.254 e. The van der Waals surface area contributed by atoms with Crippen LogP contribution >= 0.6 is 11.6 Å². The van der Waals surface area contributed by atoms with E-state index in [0.29, 0.717) is 16.3 Å². The van der Waals surface area contributed by atoms with Crippen molar-refractivity contribution in [3.63, 3.8) is 0 Å². The molecule has 2 aliphatic rings. The van der Waals surface area contributed by atoms with E-state index < -0.39 is 0 Å². The molecule has 3 rings (SSSR count). The highest BCUT2D eigenvalue weighted by molar-refractivity contribution is 6.34. The summed E-state index contributed by atoms with van der Waals surface area (Å²) in [4.78, 5) is 25.7. The molecule has 1 aromatic carbocycles. The molecule has 0 bridgehead atoms. The van der Waals surface area contributed by atoms with Crippen molar-refractivity contribution in [2.75, 3.05) is 19.4 Å². The fourth-order valence-electron chi connectivity index (χ4n) is 3.18. The van der Waals surface area contributed by atoms with E-state index >= 15 is 0 Å². The summed E-state index contributed by atoms with van der Waals surface area (Å²) in [6, 6.07) is 5.04. The number of hydrogen-bond donors (Lipinski definition) is 1. The SMILES string of the molecule is CN(C)C(=O)c1cc(NC(=O)C2CC3CC3C2)ccc1Cl. The fourth-order valence-corrected chi connectivity index (χ4v) is 3.38. The van der Waals surface area contributed by atoms with Gasteiger partial charge in [-0.15, -0.1) is 0 Å². The Balaban J connectivity index is 1.72. The number of nitrogens with zero attached hydrogens (tertiary/aromatic N) is 1. The minimum Gasteiger partial charge on any atom is -0.345 e. The van der Waals surface area contributed by atoms with Gasteiger partial charge >= 0.3 is 0 Å². The third-order valence-electron chi connectivity index (χ3n) is 4.48. The molecule has 0 saturated heterocycles. The van der Waals surface area contributed by atoms with E-state index in [2.05, 4.69) is 5.32 Å². The van der Waals surface area contributed by atoms with E-state index in [-0.39, 0.29) is 17.7 Å². The van der Waals surface area contributed by atoms with Crippen LogP contribution in [-0.4, -0.2) is 30.8 Å². The molecule has 0 radical (unpaired) electrons. The second-order valence-electron chi connectivity index (χ2n) is 6.31. The van der Waals surface area contributed by atoms with E-state index in [4.69, 9.17) is 11.6 Å². The van der Waals surface area contributed by atoms with Gasteiger partial charge in [-0.25, -0.2) is 0 Å². The summed E-state index contributed by atoms with van der Waals surface area (Å²) in [5.41, 5.74) is 1.05. The van der Waals surface area contributed by atoms with Crippen LogP contribution < -0.4 is 5.32 Å². The summed E-state index contributed by atoms with van der Waals surface area (Å²) >= 11 is 6.06. The lowest BCUT2D eigenvalue weighted by molar-refractivity contribution is -0.120. The summed E-state index contributed by atoms with van der Waals surface area (Å²) in [6.45, 7) is 0. The van der Waals surface area contributed by atoms with Crippen molar-refractivity contribution < 1.29 is 9.59 Å². The normalized spacial score (nSPS) is 26.1. The highest BCUT2D eigenvalue weighted by Gasteiger charge is 2.47. The second kappa shape index (κ2) is 5.34. The molecule has 0 aromatic heterocycles. The van der Waals surface area contributed by atoms with Crippen molar-refractivity contribution in [1.82, 2.24) is 4.90 Å². The van der Waals surface area contributed by atoms with E-state index in [1.54, 1.807) is 32.3 Å². The summed E-state index contributed by atoms with van der Waals surface area (Å²) in [5.74, 6) is 1.57. The Morgan fingerprint density at radius 2 is 1.86 bits per heavy atom. The summed E-state index contributed by atoms with van der Waals surface area (Å²) < 4.78 is 0. The standard InChI is InChI=1S/C16H19ClN2O2/c1-19(2)16(21)13-8-12(3-4-14(13)17)18-15(20)11-6-9-5-10(9)7-11/h3-4,8-11H,5-7H2,1-2H3,(H,18,20). The summed E-state index contributed by atoms with van der Waals surface area (Å²) in [6.07, 6.45) is 3.31. The molecule has 2 aliphatic carbocycles. The topological polar surface area (TPSA) is 49.4 Å². The third-order valence-corrected chi connectivity index (χ3v) is 4.81. The number of carbonyl (C=O) groups excluding carboxylic acids is 2. The molecule has 2 atom stereocenters. The monoisotopic (exact) mass is 306 g/mol. The zero-order chi connectivity index (χ0) is 15.1. The number of benzene rings is 1. The van der Waals surface area contributed by atoms with E-state index in [9.17, 15) is 9.59 Å². The second-order valence-corrected chi connectivity index (χ2v) is 6.71. The molecule has 1 N–H and O–H groups in total. The first kappa shape index (κ1) is 14.4. The summed E-state index contributed by atoms with van der Waals surface area (Å²) in [5, 5.41) is 3.32. The van der Waals surface area contributed by atoms with Gasteiger partial charge in [-0.2, -0.15) is 0 Å². The van der Waals surface area contributed by atoms with Gasteiger partial charge in [-0.3, -0.25) is 9.59 Å². The smallest absolute Gasteiger partial charge is 0.254 e. The number of halogens is 1. The molecule has 5 heteroatoms. The lowest BCUT2D eigenvalue weighted by Crippen LogP contribution is -2.23. The highest BCUT2D eigenvalue weighted by Crippen LogP contribution is 2.54. The van der Waals surface area contributed by atoms with Crippen LogP contribution in [0, 0.1) is 17.8 Å². The number of anilines is 1. The molecule has 1 aromatic rings. The lowest BCUT2D eigenvalue weighted by Gasteiger charge is -2.15. The van der Waals surface area contributed by atoms with Crippen molar-refractivity contribution >= 4 is 29.1 Å². The Bertz CT molecular complexity index is 590. The average molecular weight is 307 g/mol. The zero-order valence-electron chi connectivity index (χ0n) is 12.2. The lowest BCUT2D eigenvalue weighted by atomic mass is 10.0. The van der Waals surface area contributed by atoms with Crippen LogP contribution in [0.2, 0.25) is 5.02 Å². The number of rotatable bonds is 3. The van der Waals surface area contributed by atoms with Crippen LogP contribution in [0.15, 0.2) is 18.2 Å². The van der Waals surface area contributed by atoms with Crippen molar-refractivity contribution in [3.8, 4) is 0 Å². The molecule has 2 amide bonds. The van der Waals surface area contributed by atoms with Gasteiger partial charge in [-0.1, -0.05) is 11.6 Å². The van der Waals surface area contributed by atoms with Crippen molar-refractivity contribution in [1.29, 1.82) is 0 Å². The Hall–Kier alpha value is -1.55. The van der Waals surface area contributed by atoms with Gasteiger partial charge in [0.15, 0.2) is 0 Å². The zero-order valence-corrected chi connectivity index (χ0v) is 13.0. The predicted molar refractivity (Wildman–Crippen MR) is 82.4 cm³/mol. The van der Waals surface area contributed by atoms with E-state index in [1.165, 1.54) is 11.3 Å². The molecule has 4 nitrogen and oxygen atoms in total. The van der Waals surface area contributed by atoms with Gasteiger partial charge in [0, 0.05) is 25.7 Å².